The van der Waals surface area contributed by atoms with Crippen LogP contribution < -0.4 is 15.8 Å². The highest BCUT2D eigenvalue weighted by atomic mass is 32.2. The summed E-state index contributed by atoms with van der Waals surface area (Å²) < 4.78 is 7.42. The van der Waals surface area contributed by atoms with E-state index in [4.69, 9.17) is 4.74 Å². The molecule has 2 saturated heterocycles. The molecule has 0 bridgehead atoms. The second-order valence-corrected chi connectivity index (χ2v) is 11.3. The molecular weight excluding hydrogens is 476 g/mol. The van der Waals surface area contributed by atoms with Gasteiger partial charge < -0.3 is 15.0 Å². The molecule has 3 aliphatic heterocycles. The number of likely N-dealkylation sites (tertiary alicyclic amines) is 1. The summed E-state index contributed by atoms with van der Waals surface area (Å²) in [7, 11) is 0. The lowest BCUT2D eigenvalue weighted by atomic mass is 10.2. The van der Waals surface area contributed by atoms with Gasteiger partial charge in [-0.3, -0.25) is 14.3 Å². The van der Waals surface area contributed by atoms with E-state index in [1.165, 1.54) is 27.5 Å². The van der Waals surface area contributed by atoms with Crippen molar-refractivity contribution in [2.24, 2.45) is 0 Å². The molecule has 1 N–H and O–H groups in total. The number of nitrogens with zero attached hydrogens (tertiary/aromatic N) is 3. The quantitative estimate of drug-likeness (QED) is 0.402. The molecule has 3 aliphatic rings. The van der Waals surface area contributed by atoms with Crippen LogP contribution in [0.3, 0.4) is 0 Å². The molecule has 1 aromatic heterocycles. The standard InChI is InChI=1S/C27H30N4O2S2/c1-19(29-11-4-5-12-29)28-25-17-20(30-13-15-33-16-14-30)18-26(32)31(25)21-7-6-10-24-27(21)35-23-9-3-2-8-22(23)34-24/h2-3,6-10,17-19,28H,4-5,11-16H2,1H3. The summed E-state index contributed by atoms with van der Waals surface area (Å²) in [6.07, 6.45) is 2.60. The van der Waals surface area contributed by atoms with Crippen molar-refractivity contribution in [2.75, 3.05) is 49.6 Å². The van der Waals surface area contributed by atoms with Crippen molar-refractivity contribution in [1.82, 2.24) is 9.47 Å². The minimum absolute atomic E-state index is 0.0111. The largest absolute Gasteiger partial charge is 0.378 e. The maximum atomic E-state index is 13.8. The summed E-state index contributed by atoms with van der Waals surface area (Å²) in [5.41, 5.74) is 1.88. The average molecular weight is 507 g/mol. The van der Waals surface area contributed by atoms with Gasteiger partial charge in [-0.2, -0.15) is 0 Å². The van der Waals surface area contributed by atoms with Crippen molar-refractivity contribution in [1.29, 1.82) is 0 Å². The van der Waals surface area contributed by atoms with E-state index in [9.17, 15) is 4.79 Å². The molecule has 4 heterocycles. The van der Waals surface area contributed by atoms with Gasteiger partial charge in [-0.15, -0.1) is 0 Å². The lowest BCUT2D eigenvalue weighted by Crippen LogP contribution is -2.39. The van der Waals surface area contributed by atoms with Gasteiger partial charge in [0.05, 0.1) is 30.0 Å². The zero-order valence-electron chi connectivity index (χ0n) is 19.9. The summed E-state index contributed by atoms with van der Waals surface area (Å²) in [6, 6.07) is 18.7. The summed E-state index contributed by atoms with van der Waals surface area (Å²) in [5.74, 6) is 0.844. The third-order valence-electron chi connectivity index (χ3n) is 6.92. The maximum Gasteiger partial charge on any atom is 0.258 e. The maximum absolute atomic E-state index is 13.8. The number of hydrogen-bond acceptors (Lipinski definition) is 7. The van der Waals surface area contributed by atoms with Gasteiger partial charge in [-0.05, 0) is 44.0 Å². The SMILES string of the molecule is CC(Nc1cc(N2CCOCC2)cc(=O)n1-c1cccc2c1Sc1ccccc1S2)N1CCCC1. The molecule has 3 aromatic rings. The van der Waals surface area contributed by atoms with Crippen molar-refractivity contribution in [3.63, 3.8) is 0 Å². The summed E-state index contributed by atoms with van der Waals surface area (Å²) in [4.78, 5) is 23.3. The Labute approximate surface area is 214 Å². The molecule has 35 heavy (non-hydrogen) atoms. The zero-order chi connectivity index (χ0) is 23.8. The van der Waals surface area contributed by atoms with Gasteiger partial charge in [0, 0.05) is 58.7 Å². The van der Waals surface area contributed by atoms with E-state index in [2.05, 4.69) is 70.6 Å². The molecule has 6 nitrogen and oxygen atoms in total. The van der Waals surface area contributed by atoms with Crippen LogP contribution in [-0.4, -0.2) is 55.0 Å². The Kier molecular flexibility index (Phi) is 6.54. The molecule has 0 amide bonds. The number of morpholine rings is 1. The minimum Gasteiger partial charge on any atom is -0.378 e. The number of anilines is 2. The van der Waals surface area contributed by atoms with Crippen LogP contribution in [0.25, 0.3) is 5.69 Å². The Bertz CT molecular complexity index is 1280. The lowest BCUT2D eigenvalue weighted by Gasteiger charge is -2.31. The molecule has 0 saturated carbocycles. The lowest BCUT2D eigenvalue weighted by molar-refractivity contribution is 0.122. The first-order valence-electron chi connectivity index (χ1n) is 12.4. The zero-order valence-corrected chi connectivity index (χ0v) is 21.5. The fraction of sp³-hybridized carbons (Fsp3) is 0.370. The number of rotatable bonds is 5. The van der Waals surface area contributed by atoms with E-state index in [-0.39, 0.29) is 11.7 Å². The molecule has 0 aliphatic carbocycles. The Morgan fingerprint density at radius 2 is 1.60 bits per heavy atom. The highest BCUT2D eigenvalue weighted by Gasteiger charge is 2.25. The van der Waals surface area contributed by atoms with Crippen molar-refractivity contribution in [3.05, 3.63) is 65.0 Å². The van der Waals surface area contributed by atoms with Gasteiger partial charge in [0.2, 0.25) is 0 Å². The van der Waals surface area contributed by atoms with Crippen LogP contribution in [0.15, 0.2) is 79.0 Å². The van der Waals surface area contributed by atoms with Crippen LogP contribution in [0, 0.1) is 0 Å². The Morgan fingerprint density at radius 1 is 0.886 bits per heavy atom. The highest BCUT2D eigenvalue weighted by Crippen LogP contribution is 2.50. The minimum atomic E-state index is -0.0111. The molecular formula is C27H30N4O2S2. The highest BCUT2D eigenvalue weighted by molar-refractivity contribution is 8.05. The van der Waals surface area contributed by atoms with E-state index in [1.54, 1.807) is 29.6 Å². The molecule has 182 valence electrons. The van der Waals surface area contributed by atoms with Crippen LogP contribution >= 0.6 is 23.5 Å². The molecule has 1 atom stereocenters. The van der Waals surface area contributed by atoms with E-state index in [1.807, 2.05) is 4.57 Å². The Hall–Kier alpha value is -2.39. The number of pyridine rings is 1. The van der Waals surface area contributed by atoms with Crippen LogP contribution in [-0.2, 0) is 4.74 Å². The molecule has 8 heteroatoms. The first-order chi connectivity index (χ1) is 17.2. The predicted molar refractivity (Wildman–Crippen MR) is 144 cm³/mol. The van der Waals surface area contributed by atoms with Gasteiger partial charge in [0.1, 0.15) is 5.82 Å². The van der Waals surface area contributed by atoms with Crippen molar-refractivity contribution in [3.8, 4) is 5.69 Å². The monoisotopic (exact) mass is 506 g/mol. The van der Waals surface area contributed by atoms with Gasteiger partial charge in [0.25, 0.3) is 5.56 Å². The summed E-state index contributed by atoms with van der Waals surface area (Å²) in [6.45, 7) is 7.36. The average Bonchev–Trinajstić information content (AvgIpc) is 3.43. The predicted octanol–water partition coefficient (Wildman–Crippen LogP) is 5.14. The van der Waals surface area contributed by atoms with Gasteiger partial charge in [0.15, 0.2) is 0 Å². The fourth-order valence-corrected chi connectivity index (χ4v) is 7.42. The molecule has 0 spiro atoms. The summed E-state index contributed by atoms with van der Waals surface area (Å²) >= 11 is 3.53. The number of hydrogen-bond donors (Lipinski definition) is 1. The van der Waals surface area contributed by atoms with Gasteiger partial charge >= 0.3 is 0 Å². The molecule has 2 aromatic carbocycles. The second-order valence-electron chi connectivity index (χ2n) is 9.19. The van der Waals surface area contributed by atoms with Crippen molar-refractivity contribution >= 4 is 35.0 Å². The summed E-state index contributed by atoms with van der Waals surface area (Å²) in [5, 5.41) is 3.71. The molecule has 1 unspecified atom stereocenters. The van der Waals surface area contributed by atoms with Crippen LogP contribution in [0.1, 0.15) is 19.8 Å². The molecule has 0 radical (unpaired) electrons. The number of ether oxygens (including phenoxy) is 1. The Balaban J connectivity index is 1.44. The second kappa shape index (κ2) is 9.93. The van der Waals surface area contributed by atoms with E-state index < -0.39 is 0 Å². The van der Waals surface area contributed by atoms with E-state index in [0.717, 1.165) is 48.3 Å². The van der Waals surface area contributed by atoms with E-state index >= 15 is 0 Å². The third kappa shape index (κ3) is 4.60. The Morgan fingerprint density at radius 3 is 2.37 bits per heavy atom. The van der Waals surface area contributed by atoms with Crippen molar-refractivity contribution < 1.29 is 4.74 Å². The first kappa shape index (κ1) is 23.0. The number of aromatic nitrogens is 1. The number of benzene rings is 2. The smallest absolute Gasteiger partial charge is 0.258 e. The fourth-order valence-electron chi connectivity index (χ4n) is 5.06. The number of fused-ring (bicyclic) bond motifs is 2. The normalized spacial score (nSPS) is 18.7. The van der Waals surface area contributed by atoms with Crippen LogP contribution in [0.4, 0.5) is 11.5 Å². The van der Waals surface area contributed by atoms with Crippen LogP contribution in [0.2, 0.25) is 0 Å². The molecule has 6 rings (SSSR count). The van der Waals surface area contributed by atoms with E-state index in [0.29, 0.717) is 13.2 Å². The topological polar surface area (TPSA) is 49.7 Å². The van der Waals surface area contributed by atoms with Gasteiger partial charge in [-0.1, -0.05) is 41.7 Å². The van der Waals surface area contributed by atoms with Gasteiger partial charge in [-0.25, -0.2) is 0 Å². The first-order valence-corrected chi connectivity index (χ1v) is 14.0. The number of nitrogens with one attached hydrogen (secondary N) is 1. The third-order valence-corrected chi connectivity index (χ3v) is 9.52. The van der Waals surface area contributed by atoms with Crippen molar-refractivity contribution in [2.45, 2.75) is 45.5 Å². The molecule has 2 fully saturated rings. The van der Waals surface area contributed by atoms with Crippen LogP contribution in [0.5, 0.6) is 0 Å².